The predicted octanol–water partition coefficient (Wildman–Crippen LogP) is 1.36. The topological polar surface area (TPSA) is 92.2 Å². The Morgan fingerprint density at radius 3 is 2.58 bits per heavy atom. The standard InChI is InChI=1S/C13H11N3O3/c17-11(8-9-3-6-14-7-4-9)16-10-2-1-5-15-12(10)13(18)19/h1-7H,8H2,(H,16,17)(H,18,19). The second kappa shape index (κ2) is 5.72. The third-order valence-electron chi connectivity index (χ3n) is 2.40. The van der Waals surface area contributed by atoms with Crippen molar-refractivity contribution in [2.75, 3.05) is 5.32 Å². The molecule has 0 saturated heterocycles. The number of hydrogen-bond acceptors (Lipinski definition) is 4. The summed E-state index contributed by atoms with van der Waals surface area (Å²) in [4.78, 5) is 30.3. The first-order valence-corrected chi connectivity index (χ1v) is 5.54. The van der Waals surface area contributed by atoms with Gasteiger partial charge in [0.2, 0.25) is 5.91 Å². The van der Waals surface area contributed by atoms with Crippen molar-refractivity contribution in [1.29, 1.82) is 0 Å². The Morgan fingerprint density at radius 1 is 1.16 bits per heavy atom. The summed E-state index contributed by atoms with van der Waals surface area (Å²) in [6.07, 6.45) is 4.70. The van der Waals surface area contributed by atoms with Crippen molar-refractivity contribution in [3.05, 3.63) is 54.1 Å². The summed E-state index contributed by atoms with van der Waals surface area (Å²) in [5.41, 5.74) is 0.813. The van der Waals surface area contributed by atoms with E-state index in [4.69, 9.17) is 5.11 Å². The lowest BCUT2D eigenvalue weighted by molar-refractivity contribution is -0.115. The number of hydrogen-bond donors (Lipinski definition) is 2. The molecule has 19 heavy (non-hydrogen) atoms. The molecule has 2 heterocycles. The van der Waals surface area contributed by atoms with Gasteiger partial charge in [0.25, 0.3) is 0 Å². The smallest absolute Gasteiger partial charge is 0.356 e. The number of amides is 1. The zero-order chi connectivity index (χ0) is 13.7. The second-order valence-corrected chi connectivity index (χ2v) is 3.79. The minimum atomic E-state index is -1.18. The monoisotopic (exact) mass is 257 g/mol. The summed E-state index contributed by atoms with van der Waals surface area (Å²) in [7, 11) is 0. The molecule has 0 aliphatic carbocycles. The van der Waals surface area contributed by atoms with Crippen LogP contribution in [0.2, 0.25) is 0 Å². The lowest BCUT2D eigenvalue weighted by Crippen LogP contribution is -2.17. The molecule has 0 fully saturated rings. The Kier molecular flexibility index (Phi) is 3.82. The lowest BCUT2D eigenvalue weighted by Gasteiger charge is -2.07. The van der Waals surface area contributed by atoms with Gasteiger partial charge < -0.3 is 10.4 Å². The first-order valence-electron chi connectivity index (χ1n) is 5.54. The van der Waals surface area contributed by atoms with Crippen LogP contribution in [0.1, 0.15) is 16.1 Å². The van der Waals surface area contributed by atoms with Crippen molar-refractivity contribution in [2.24, 2.45) is 0 Å². The Morgan fingerprint density at radius 2 is 1.89 bits per heavy atom. The molecule has 2 aromatic rings. The van der Waals surface area contributed by atoms with Crippen LogP contribution in [0.3, 0.4) is 0 Å². The van der Waals surface area contributed by atoms with Gasteiger partial charge in [0.05, 0.1) is 12.1 Å². The molecular formula is C13H11N3O3. The number of carbonyl (C=O) groups excluding carboxylic acids is 1. The maximum absolute atomic E-state index is 11.8. The number of carbonyl (C=O) groups is 2. The van der Waals surface area contributed by atoms with Gasteiger partial charge in [0.1, 0.15) is 0 Å². The van der Waals surface area contributed by atoms with Crippen LogP contribution in [0.25, 0.3) is 0 Å². The van der Waals surface area contributed by atoms with Gasteiger partial charge in [-0.1, -0.05) is 0 Å². The van der Waals surface area contributed by atoms with E-state index in [1.165, 1.54) is 12.3 Å². The molecule has 0 aliphatic heterocycles. The zero-order valence-electron chi connectivity index (χ0n) is 9.91. The van der Waals surface area contributed by atoms with Crippen LogP contribution in [-0.4, -0.2) is 27.0 Å². The highest BCUT2D eigenvalue weighted by atomic mass is 16.4. The van der Waals surface area contributed by atoms with Gasteiger partial charge in [-0.2, -0.15) is 0 Å². The van der Waals surface area contributed by atoms with Crippen molar-refractivity contribution < 1.29 is 14.7 Å². The summed E-state index contributed by atoms with van der Waals surface area (Å²) >= 11 is 0. The molecule has 96 valence electrons. The van der Waals surface area contributed by atoms with Gasteiger partial charge in [0.15, 0.2) is 5.69 Å². The number of carboxylic acid groups (broad SMARTS) is 1. The highest BCUT2D eigenvalue weighted by Gasteiger charge is 2.13. The Hall–Kier alpha value is -2.76. The van der Waals surface area contributed by atoms with Gasteiger partial charge >= 0.3 is 5.97 Å². The Bertz CT molecular complexity index is 599. The van der Waals surface area contributed by atoms with Crippen LogP contribution in [0.4, 0.5) is 5.69 Å². The van der Waals surface area contributed by atoms with E-state index in [1.807, 2.05) is 0 Å². The fraction of sp³-hybridized carbons (Fsp3) is 0.0769. The maximum Gasteiger partial charge on any atom is 0.356 e. The molecule has 0 saturated carbocycles. The van der Waals surface area contributed by atoms with Crippen LogP contribution >= 0.6 is 0 Å². The SMILES string of the molecule is O=C(Cc1ccncc1)Nc1cccnc1C(=O)O. The van der Waals surface area contributed by atoms with Crippen molar-refractivity contribution in [3.63, 3.8) is 0 Å². The largest absolute Gasteiger partial charge is 0.476 e. The van der Waals surface area contributed by atoms with Crippen LogP contribution in [0.15, 0.2) is 42.9 Å². The average Bonchev–Trinajstić information content (AvgIpc) is 2.40. The normalized spacial score (nSPS) is 9.89. The molecule has 0 atom stereocenters. The molecule has 1 amide bonds. The molecule has 2 N–H and O–H groups in total. The van der Waals surface area contributed by atoms with E-state index >= 15 is 0 Å². The average molecular weight is 257 g/mol. The predicted molar refractivity (Wildman–Crippen MR) is 67.8 cm³/mol. The molecule has 6 heteroatoms. The van der Waals surface area contributed by atoms with Gasteiger partial charge in [-0.3, -0.25) is 9.78 Å². The molecule has 6 nitrogen and oxygen atoms in total. The van der Waals surface area contributed by atoms with E-state index in [2.05, 4.69) is 15.3 Å². The van der Waals surface area contributed by atoms with Crippen molar-refractivity contribution in [1.82, 2.24) is 9.97 Å². The number of carboxylic acids is 1. The van der Waals surface area contributed by atoms with E-state index in [9.17, 15) is 9.59 Å². The number of rotatable bonds is 4. The minimum absolute atomic E-state index is 0.149. The Balaban J connectivity index is 2.09. The molecular weight excluding hydrogens is 246 g/mol. The molecule has 2 aromatic heterocycles. The highest BCUT2D eigenvalue weighted by molar-refractivity contribution is 5.99. The summed E-state index contributed by atoms with van der Waals surface area (Å²) in [6.45, 7) is 0. The molecule has 2 rings (SSSR count). The van der Waals surface area contributed by atoms with E-state index < -0.39 is 5.97 Å². The third kappa shape index (κ3) is 3.35. The molecule has 0 spiro atoms. The number of pyridine rings is 2. The molecule has 0 unspecified atom stereocenters. The fourth-order valence-corrected chi connectivity index (χ4v) is 1.56. The van der Waals surface area contributed by atoms with Crippen molar-refractivity contribution >= 4 is 17.6 Å². The lowest BCUT2D eigenvalue weighted by atomic mass is 10.2. The van der Waals surface area contributed by atoms with Crippen molar-refractivity contribution in [3.8, 4) is 0 Å². The molecule has 0 radical (unpaired) electrons. The second-order valence-electron chi connectivity index (χ2n) is 3.79. The van der Waals surface area contributed by atoms with Gasteiger partial charge in [0, 0.05) is 18.6 Å². The van der Waals surface area contributed by atoms with E-state index in [-0.39, 0.29) is 23.7 Å². The summed E-state index contributed by atoms with van der Waals surface area (Å²) in [5, 5.41) is 11.5. The molecule has 0 aromatic carbocycles. The number of aromatic carboxylic acids is 1. The van der Waals surface area contributed by atoms with Crippen LogP contribution in [-0.2, 0) is 11.2 Å². The quantitative estimate of drug-likeness (QED) is 0.862. The zero-order valence-corrected chi connectivity index (χ0v) is 9.91. The number of nitrogens with one attached hydrogen (secondary N) is 1. The summed E-state index contributed by atoms with van der Waals surface area (Å²) < 4.78 is 0. The third-order valence-corrected chi connectivity index (χ3v) is 2.40. The Labute approximate surface area is 109 Å². The van der Waals surface area contributed by atoms with Gasteiger partial charge in [-0.15, -0.1) is 0 Å². The maximum atomic E-state index is 11.8. The number of aromatic nitrogens is 2. The first kappa shape index (κ1) is 12.7. The highest BCUT2D eigenvalue weighted by Crippen LogP contribution is 2.12. The number of anilines is 1. The summed E-state index contributed by atoms with van der Waals surface area (Å²) in [6, 6.07) is 6.51. The minimum Gasteiger partial charge on any atom is -0.476 e. The van der Waals surface area contributed by atoms with Crippen LogP contribution in [0, 0.1) is 0 Å². The molecule has 0 bridgehead atoms. The fourth-order valence-electron chi connectivity index (χ4n) is 1.56. The van der Waals surface area contributed by atoms with Crippen molar-refractivity contribution in [2.45, 2.75) is 6.42 Å². The molecule has 0 aliphatic rings. The summed E-state index contributed by atoms with van der Waals surface area (Å²) in [5.74, 6) is -1.48. The van der Waals surface area contributed by atoms with Gasteiger partial charge in [-0.25, -0.2) is 9.78 Å². The van der Waals surface area contributed by atoms with E-state index in [0.29, 0.717) is 0 Å². The van der Waals surface area contributed by atoms with Gasteiger partial charge in [-0.05, 0) is 29.8 Å². The van der Waals surface area contributed by atoms with E-state index in [0.717, 1.165) is 5.56 Å². The van der Waals surface area contributed by atoms with Crippen LogP contribution in [0.5, 0.6) is 0 Å². The number of nitrogens with zero attached hydrogens (tertiary/aromatic N) is 2. The first-order chi connectivity index (χ1) is 9.16. The van der Waals surface area contributed by atoms with Crippen LogP contribution < -0.4 is 5.32 Å². The van der Waals surface area contributed by atoms with E-state index in [1.54, 1.807) is 30.6 Å².